The van der Waals surface area contributed by atoms with E-state index in [-0.39, 0.29) is 18.9 Å². The maximum atomic E-state index is 13.0. The van der Waals surface area contributed by atoms with Gasteiger partial charge in [-0.25, -0.2) is 9.97 Å². The van der Waals surface area contributed by atoms with Gasteiger partial charge in [0, 0.05) is 31.4 Å². The number of hydrogen-bond donors (Lipinski definition) is 1. The van der Waals surface area contributed by atoms with Crippen molar-refractivity contribution in [2.45, 2.75) is 33.0 Å². The standard InChI is InChI=1S/C27H27F3N4O2/c1-18(2)17-34(13-12-24(35)31-16-19-7-5-8-20(15-19)27(28,29)30)26-21-9-3-4-10-22(21)32-25(33-26)23-11-6-14-36-23/h3-11,14-15,18H,12-13,16-17H2,1-2H3,(H,31,35). The molecule has 0 radical (unpaired) electrons. The van der Waals surface area contributed by atoms with Crippen LogP contribution in [0.5, 0.6) is 0 Å². The van der Waals surface area contributed by atoms with E-state index in [1.165, 1.54) is 6.07 Å². The number of hydrogen-bond acceptors (Lipinski definition) is 5. The van der Waals surface area contributed by atoms with E-state index in [2.05, 4.69) is 24.1 Å². The lowest BCUT2D eigenvalue weighted by atomic mass is 10.1. The van der Waals surface area contributed by atoms with Crippen LogP contribution in [0.3, 0.4) is 0 Å². The summed E-state index contributed by atoms with van der Waals surface area (Å²) in [5.74, 6) is 1.73. The Kier molecular flexibility index (Phi) is 7.57. The summed E-state index contributed by atoms with van der Waals surface area (Å²) < 4.78 is 44.4. The number of anilines is 1. The van der Waals surface area contributed by atoms with Gasteiger partial charge in [0.05, 0.1) is 17.3 Å². The molecule has 0 spiro atoms. The average molecular weight is 497 g/mol. The number of rotatable bonds is 9. The van der Waals surface area contributed by atoms with Gasteiger partial charge in [-0.15, -0.1) is 0 Å². The van der Waals surface area contributed by atoms with Crippen LogP contribution in [0.15, 0.2) is 71.3 Å². The molecule has 0 saturated carbocycles. The minimum absolute atomic E-state index is 0.0199. The predicted octanol–water partition coefficient (Wildman–Crippen LogP) is 6.08. The van der Waals surface area contributed by atoms with Gasteiger partial charge in [-0.3, -0.25) is 4.79 Å². The van der Waals surface area contributed by atoms with Crippen LogP contribution in [0.1, 0.15) is 31.4 Å². The van der Waals surface area contributed by atoms with E-state index in [0.29, 0.717) is 42.0 Å². The summed E-state index contributed by atoms with van der Waals surface area (Å²) >= 11 is 0. The van der Waals surface area contributed by atoms with Crippen LogP contribution in [0.2, 0.25) is 0 Å². The largest absolute Gasteiger partial charge is 0.461 e. The highest BCUT2D eigenvalue weighted by Crippen LogP contribution is 2.30. The fourth-order valence-electron chi connectivity index (χ4n) is 3.92. The zero-order valence-corrected chi connectivity index (χ0v) is 20.0. The molecule has 0 unspecified atom stereocenters. The van der Waals surface area contributed by atoms with Gasteiger partial charge in [-0.1, -0.05) is 38.1 Å². The predicted molar refractivity (Wildman–Crippen MR) is 132 cm³/mol. The Morgan fingerprint density at radius 2 is 1.86 bits per heavy atom. The number of amides is 1. The third-order valence-electron chi connectivity index (χ3n) is 5.56. The van der Waals surface area contributed by atoms with Gasteiger partial charge in [-0.05, 0) is 47.9 Å². The number of nitrogens with zero attached hydrogens (tertiary/aromatic N) is 3. The minimum atomic E-state index is -4.42. The Balaban J connectivity index is 1.51. The van der Waals surface area contributed by atoms with Crippen LogP contribution in [-0.2, 0) is 17.5 Å². The molecule has 0 aliphatic carbocycles. The Labute approximate surface area is 207 Å². The number of aromatic nitrogens is 2. The maximum absolute atomic E-state index is 13.0. The molecule has 2 aromatic carbocycles. The Bertz CT molecular complexity index is 1320. The van der Waals surface area contributed by atoms with Crippen molar-refractivity contribution in [2.75, 3.05) is 18.0 Å². The van der Waals surface area contributed by atoms with Crippen molar-refractivity contribution in [1.29, 1.82) is 0 Å². The zero-order chi connectivity index (χ0) is 25.7. The molecule has 0 atom stereocenters. The van der Waals surface area contributed by atoms with E-state index < -0.39 is 11.7 Å². The molecule has 0 aliphatic heterocycles. The highest BCUT2D eigenvalue weighted by molar-refractivity contribution is 5.91. The lowest BCUT2D eigenvalue weighted by Gasteiger charge is -2.27. The molecule has 0 saturated heterocycles. The number of carbonyl (C=O) groups is 1. The summed E-state index contributed by atoms with van der Waals surface area (Å²) in [6.07, 6.45) is -2.71. The second-order valence-corrected chi connectivity index (χ2v) is 8.93. The monoisotopic (exact) mass is 496 g/mol. The molecule has 6 nitrogen and oxygen atoms in total. The molecule has 188 valence electrons. The van der Waals surface area contributed by atoms with Gasteiger partial charge in [0.2, 0.25) is 5.91 Å². The molecular formula is C27H27F3N4O2. The number of carbonyl (C=O) groups excluding carboxylic acids is 1. The van der Waals surface area contributed by atoms with Crippen molar-refractivity contribution in [3.05, 3.63) is 78.1 Å². The first-order chi connectivity index (χ1) is 17.2. The van der Waals surface area contributed by atoms with Crippen LogP contribution in [0.25, 0.3) is 22.5 Å². The van der Waals surface area contributed by atoms with Gasteiger partial charge in [0.1, 0.15) is 5.82 Å². The van der Waals surface area contributed by atoms with Gasteiger partial charge in [-0.2, -0.15) is 13.2 Å². The molecule has 9 heteroatoms. The normalized spacial score (nSPS) is 11.7. The van der Waals surface area contributed by atoms with Gasteiger partial charge in [0.15, 0.2) is 11.6 Å². The van der Waals surface area contributed by atoms with E-state index in [1.54, 1.807) is 24.5 Å². The topological polar surface area (TPSA) is 71.3 Å². The molecule has 2 heterocycles. The van der Waals surface area contributed by atoms with Crippen LogP contribution in [-0.4, -0.2) is 29.0 Å². The molecule has 4 aromatic rings. The van der Waals surface area contributed by atoms with E-state index in [0.717, 1.165) is 23.0 Å². The summed E-state index contributed by atoms with van der Waals surface area (Å²) in [7, 11) is 0. The SMILES string of the molecule is CC(C)CN(CCC(=O)NCc1cccc(C(F)(F)F)c1)c1nc(-c2ccco2)nc2ccccc12. The first-order valence-electron chi connectivity index (χ1n) is 11.7. The number of benzene rings is 2. The second-order valence-electron chi connectivity index (χ2n) is 8.93. The van der Waals surface area contributed by atoms with Crippen molar-refractivity contribution < 1.29 is 22.4 Å². The van der Waals surface area contributed by atoms with Gasteiger partial charge < -0.3 is 14.6 Å². The number of furan rings is 1. The summed E-state index contributed by atoms with van der Waals surface area (Å²) in [6.45, 7) is 5.21. The van der Waals surface area contributed by atoms with Crippen molar-refractivity contribution in [3.8, 4) is 11.6 Å². The molecule has 4 rings (SSSR count). The highest BCUT2D eigenvalue weighted by atomic mass is 19.4. The van der Waals surface area contributed by atoms with Crippen LogP contribution in [0, 0.1) is 5.92 Å². The quantitative estimate of drug-likeness (QED) is 0.304. The minimum Gasteiger partial charge on any atom is -0.461 e. The number of alkyl halides is 3. The van der Waals surface area contributed by atoms with Gasteiger partial charge >= 0.3 is 6.18 Å². The molecule has 0 fully saturated rings. The first kappa shape index (κ1) is 25.2. The fourth-order valence-corrected chi connectivity index (χ4v) is 3.92. The summed E-state index contributed by atoms with van der Waals surface area (Å²) in [5.41, 5.74) is 0.416. The zero-order valence-electron chi connectivity index (χ0n) is 20.0. The van der Waals surface area contributed by atoms with Crippen molar-refractivity contribution >= 4 is 22.6 Å². The van der Waals surface area contributed by atoms with E-state index >= 15 is 0 Å². The molecule has 36 heavy (non-hydrogen) atoms. The third kappa shape index (κ3) is 6.21. The molecule has 1 N–H and O–H groups in total. The molecule has 1 amide bonds. The van der Waals surface area contributed by atoms with E-state index in [9.17, 15) is 18.0 Å². The Morgan fingerprint density at radius 3 is 2.58 bits per heavy atom. The fraction of sp³-hybridized carbons (Fsp3) is 0.296. The molecular weight excluding hydrogens is 469 g/mol. The highest BCUT2D eigenvalue weighted by Gasteiger charge is 2.30. The maximum Gasteiger partial charge on any atom is 0.416 e. The summed E-state index contributed by atoms with van der Waals surface area (Å²) in [5, 5.41) is 3.59. The average Bonchev–Trinajstić information content (AvgIpc) is 3.39. The lowest BCUT2D eigenvalue weighted by molar-refractivity contribution is -0.137. The Hall–Kier alpha value is -3.88. The summed E-state index contributed by atoms with van der Waals surface area (Å²) in [4.78, 5) is 24.1. The smallest absolute Gasteiger partial charge is 0.416 e. The Morgan fingerprint density at radius 1 is 1.06 bits per heavy atom. The summed E-state index contributed by atoms with van der Waals surface area (Å²) in [6, 6.07) is 16.2. The van der Waals surface area contributed by atoms with E-state index in [4.69, 9.17) is 9.40 Å². The van der Waals surface area contributed by atoms with Crippen molar-refractivity contribution in [1.82, 2.24) is 15.3 Å². The number of fused-ring (bicyclic) bond motifs is 1. The molecule has 0 bridgehead atoms. The van der Waals surface area contributed by atoms with Gasteiger partial charge in [0.25, 0.3) is 0 Å². The van der Waals surface area contributed by atoms with Crippen LogP contribution >= 0.6 is 0 Å². The first-order valence-corrected chi connectivity index (χ1v) is 11.7. The van der Waals surface area contributed by atoms with Crippen molar-refractivity contribution in [2.24, 2.45) is 5.92 Å². The number of halogens is 3. The molecule has 0 aliphatic rings. The van der Waals surface area contributed by atoms with Crippen LogP contribution in [0.4, 0.5) is 19.0 Å². The third-order valence-corrected chi connectivity index (χ3v) is 5.56. The lowest BCUT2D eigenvalue weighted by Crippen LogP contribution is -2.34. The van der Waals surface area contributed by atoms with E-state index in [1.807, 2.05) is 29.2 Å². The number of para-hydroxylation sites is 1. The van der Waals surface area contributed by atoms with Crippen molar-refractivity contribution in [3.63, 3.8) is 0 Å². The second kappa shape index (κ2) is 10.8. The number of nitrogens with one attached hydrogen (secondary N) is 1. The van der Waals surface area contributed by atoms with Crippen LogP contribution < -0.4 is 10.2 Å². The molecule has 2 aromatic heterocycles.